The smallest absolute Gasteiger partial charge is 0.306 e. The molecule has 0 aliphatic heterocycles. The highest BCUT2D eigenvalue weighted by Gasteiger charge is 2.21. The number of rotatable bonds is 47. The summed E-state index contributed by atoms with van der Waals surface area (Å²) in [5.74, 6) is -0.837. The molecule has 0 aromatic heterocycles. The molecule has 62 heavy (non-hydrogen) atoms. The lowest BCUT2D eigenvalue weighted by atomic mass is 10.1. The Morgan fingerprint density at radius 1 is 0.500 bits per heavy atom. The topological polar surface area (TPSA) is 111 Å². The van der Waals surface area contributed by atoms with Gasteiger partial charge in [0, 0.05) is 12.8 Å². The number of hydrogen-bond donors (Lipinski definition) is 0. The van der Waals surface area contributed by atoms with Crippen LogP contribution < -0.4 is 4.89 Å². The largest absolute Gasteiger partial charge is 0.756 e. The van der Waals surface area contributed by atoms with E-state index in [0.29, 0.717) is 17.4 Å². The molecule has 0 amide bonds. The Labute approximate surface area is 382 Å². The molecule has 0 aliphatic rings. The maximum absolute atomic E-state index is 12.7. The fraction of sp³-hybridized carbons (Fsp3) is 0.846. The van der Waals surface area contributed by atoms with E-state index in [1.54, 1.807) is 0 Å². The molecule has 2 atom stereocenters. The molecular formula is C52H98NO8P. The van der Waals surface area contributed by atoms with E-state index in [1.807, 2.05) is 21.1 Å². The van der Waals surface area contributed by atoms with E-state index >= 15 is 0 Å². The molecule has 0 aromatic rings. The minimum atomic E-state index is -4.63. The molecule has 10 heteroatoms. The number of esters is 2. The summed E-state index contributed by atoms with van der Waals surface area (Å²) in [6.45, 7) is 4.22. The van der Waals surface area contributed by atoms with Gasteiger partial charge in [0.05, 0.1) is 27.7 Å². The van der Waals surface area contributed by atoms with Gasteiger partial charge in [0.25, 0.3) is 7.82 Å². The Morgan fingerprint density at radius 2 is 0.871 bits per heavy atom. The van der Waals surface area contributed by atoms with Crippen LogP contribution in [0.4, 0.5) is 0 Å². The predicted molar refractivity (Wildman–Crippen MR) is 259 cm³/mol. The molecule has 0 N–H and O–H groups in total. The summed E-state index contributed by atoms with van der Waals surface area (Å²) in [6.07, 6.45) is 51.7. The number of hydrogen-bond acceptors (Lipinski definition) is 8. The Kier molecular flexibility index (Phi) is 43.2. The molecular weight excluding hydrogens is 798 g/mol. The Hall–Kier alpha value is -1.77. The summed E-state index contributed by atoms with van der Waals surface area (Å²) in [4.78, 5) is 37.7. The van der Waals surface area contributed by atoms with E-state index in [1.165, 1.54) is 148 Å². The summed E-state index contributed by atoms with van der Waals surface area (Å²) < 4.78 is 34.0. The van der Waals surface area contributed by atoms with Crippen LogP contribution in [0.2, 0.25) is 0 Å². The van der Waals surface area contributed by atoms with Crippen molar-refractivity contribution in [2.24, 2.45) is 0 Å². The van der Waals surface area contributed by atoms with Crippen LogP contribution in [-0.4, -0.2) is 70.0 Å². The van der Waals surface area contributed by atoms with E-state index < -0.39 is 26.5 Å². The van der Waals surface area contributed by atoms with E-state index in [4.69, 9.17) is 18.5 Å². The van der Waals surface area contributed by atoms with Crippen LogP contribution in [0, 0.1) is 0 Å². The van der Waals surface area contributed by atoms with Gasteiger partial charge in [-0.25, -0.2) is 0 Å². The van der Waals surface area contributed by atoms with Crippen LogP contribution in [0.25, 0.3) is 0 Å². The molecule has 0 saturated carbocycles. The van der Waals surface area contributed by atoms with Crippen molar-refractivity contribution < 1.29 is 42.1 Å². The van der Waals surface area contributed by atoms with Gasteiger partial charge in [0.1, 0.15) is 19.8 Å². The zero-order chi connectivity index (χ0) is 45.7. The quantitative estimate of drug-likeness (QED) is 0.0195. The van der Waals surface area contributed by atoms with Crippen LogP contribution in [0.5, 0.6) is 0 Å². The van der Waals surface area contributed by atoms with Crippen molar-refractivity contribution in [3.05, 3.63) is 36.5 Å². The molecule has 0 radical (unpaired) electrons. The highest BCUT2D eigenvalue weighted by Crippen LogP contribution is 2.38. The van der Waals surface area contributed by atoms with E-state index in [2.05, 4.69) is 50.3 Å². The van der Waals surface area contributed by atoms with Crippen molar-refractivity contribution in [2.75, 3.05) is 47.5 Å². The Morgan fingerprint density at radius 3 is 1.32 bits per heavy atom. The molecule has 0 aliphatic carbocycles. The van der Waals surface area contributed by atoms with Crippen LogP contribution in [0.1, 0.15) is 232 Å². The van der Waals surface area contributed by atoms with Gasteiger partial charge in [-0.2, -0.15) is 0 Å². The fourth-order valence-electron chi connectivity index (χ4n) is 7.09. The lowest BCUT2D eigenvalue weighted by Crippen LogP contribution is -2.37. The first-order valence-corrected chi connectivity index (χ1v) is 27.2. The maximum Gasteiger partial charge on any atom is 0.306 e. The van der Waals surface area contributed by atoms with Gasteiger partial charge >= 0.3 is 11.9 Å². The normalized spacial score (nSPS) is 13.7. The summed E-state index contributed by atoms with van der Waals surface area (Å²) in [5.41, 5.74) is 0. The molecule has 0 spiro atoms. The van der Waals surface area contributed by atoms with Crippen molar-refractivity contribution in [1.82, 2.24) is 0 Å². The summed E-state index contributed by atoms with van der Waals surface area (Å²) >= 11 is 0. The number of phosphoric ester groups is 1. The third kappa shape index (κ3) is 47.7. The summed E-state index contributed by atoms with van der Waals surface area (Å²) in [6, 6.07) is 0. The first kappa shape index (κ1) is 60.2. The van der Waals surface area contributed by atoms with E-state index in [-0.39, 0.29) is 32.0 Å². The van der Waals surface area contributed by atoms with E-state index in [0.717, 1.165) is 51.4 Å². The number of carbonyl (C=O) groups is 2. The third-order valence-corrected chi connectivity index (χ3v) is 12.1. The average Bonchev–Trinajstić information content (AvgIpc) is 3.23. The number of carbonyl (C=O) groups excluding carboxylic acids is 2. The van der Waals surface area contributed by atoms with Gasteiger partial charge in [-0.1, -0.05) is 185 Å². The fourth-order valence-corrected chi connectivity index (χ4v) is 7.82. The van der Waals surface area contributed by atoms with E-state index in [9.17, 15) is 19.0 Å². The second-order valence-corrected chi connectivity index (χ2v) is 19.9. The van der Waals surface area contributed by atoms with Crippen LogP contribution in [0.15, 0.2) is 36.5 Å². The van der Waals surface area contributed by atoms with Crippen molar-refractivity contribution in [3.63, 3.8) is 0 Å². The van der Waals surface area contributed by atoms with Gasteiger partial charge < -0.3 is 27.9 Å². The van der Waals surface area contributed by atoms with Crippen molar-refractivity contribution in [3.8, 4) is 0 Å². The van der Waals surface area contributed by atoms with Crippen LogP contribution >= 0.6 is 7.82 Å². The molecule has 0 fully saturated rings. The summed E-state index contributed by atoms with van der Waals surface area (Å²) in [7, 11) is 1.16. The van der Waals surface area contributed by atoms with Gasteiger partial charge in [-0.3, -0.25) is 14.2 Å². The first-order chi connectivity index (χ1) is 30.0. The number of quaternary nitrogens is 1. The minimum absolute atomic E-state index is 0.0320. The number of ether oxygens (including phenoxy) is 2. The molecule has 364 valence electrons. The molecule has 0 heterocycles. The molecule has 0 rings (SSSR count). The highest BCUT2D eigenvalue weighted by atomic mass is 31.2. The highest BCUT2D eigenvalue weighted by molar-refractivity contribution is 7.45. The lowest BCUT2D eigenvalue weighted by molar-refractivity contribution is -0.870. The summed E-state index contributed by atoms with van der Waals surface area (Å²) in [5, 5.41) is 0. The van der Waals surface area contributed by atoms with Crippen molar-refractivity contribution in [1.29, 1.82) is 0 Å². The first-order valence-electron chi connectivity index (χ1n) is 25.7. The lowest BCUT2D eigenvalue weighted by Gasteiger charge is -2.28. The number of phosphoric acid groups is 1. The third-order valence-electron chi connectivity index (χ3n) is 11.1. The van der Waals surface area contributed by atoms with Crippen molar-refractivity contribution in [2.45, 2.75) is 238 Å². The van der Waals surface area contributed by atoms with Gasteiger partial charge in [-0.05, 0) is 70.6 Å². The van der Waals surface area contributed by atoms with Gasteiger partial charge in [0.2, 0.25) is 0 Å². The Bertz CT molecular complexity index is 1150. The molecule has 9 nitrogen and oxygen atoms in total. The maximum atomic E-state index is 12.7. The SMILES string of the molecule is CCCCC/C=C\C/C=C\CCCCCCCCCCCC(=O)OC[C@H](COP(=O)([O-])OCC[N+](C)(C)C)OC(=O)CCCCCCCCC/C=C\CCCCCCCCCC. The molecule has 0 aromatic carbocycles. The minimum Gasteiger partial charge on any atom is -0.756 e. The molecule has 0 bridgehead atoms. The second kappa shape index (κ2) is 44.4. The van der Waals surface area contributed by atoms with Crippen LogP contribution in [0.3, 0.4) is 0 Å². The zero-order valence-corrected chi connectivity index (χ0v) is 42.0. The monoisotopic (exact) mass is 896 g/mol. The van der Waals surface area contributed by atoms with Gasteiger partial charge in [-0.15, -0.1) is 0 Å². The zero-order valence-electron chi connectivity index (χ0n) is 41.1. The van der Waals surface area contributed by atoms with Crippen LogP contribution in [-0.2, 0) is 32.7 Å². The number of unbranched alkanes of at least 4 members (excludes halogenated alkanes) is 27. The molecule has 1 unspecified atom stereocenters. The standard InChI is InChI=1S/C52H98NO8P/c1-6-8-10-12-14-16-18-20-22-24-26-28-30-32-34-36-38-40-42-44-51(54)58-48-50(49-60-62(56,57)59-47-46-53(3,4)5)61-52(55)45-43-41-39-37-35-33-31-29-27-25-23-21-19-17-15-13-11-9-7-2/h14,16,20,22,25,27,50H,6-13,15,17-19,21,23-24,26,28-49H2,1-5H3/b16-14-,22-20-,27-25-/t50-/m1/s1. The second-order valence-electron chi connectivity index (χ2n) is 18.5. The number of likely N-dealkylation sites (N-methyl/N-ethyl adjacent to an activating group) is 1. The molecule has 0 saturated heterocycles. The van der Waals surface area contributed by atoms with Crippen molar-refractivity contribution >= 4 is 19.8 Å². The van der Waals surface area contributed by atoms with Gasteiger partial charge in [0.15, 0.2) is 6.10 Å². The Balaban J connectivity index is 4.26. The predicted octanol–water partition coefficient (Wildman–Crippen LogP) is 14.6. The average molecular weight is 896 g/mol. The number of nitrogens with zero attached hydrogens (tertiary/aromatic N) is 1. The number of allylic oxidation sites excluding steroid dienone is 6.